The molecule has 2 aromatic carbocycles. The van der Waals surface area contributed by atoms with Crippen molar-refractivity contribution < 1.29 is 19.1 Å². The van der Waals surface area contributed by atoms with Gasteiger partial charge in [0.1, 0.15) is 11.5 Å². The molecule has 0 saturated carbocycles. The van der Waals surface area contributed by atoms with Crippen LogP contribution in [0, 0.1) is 11.3 Å². The van der Waals surface area contributed by atoms with Gasteiger partial charge in [-0.25, -0.2) is 0 Å². The van der Waals surface area contributed by atoms with Crippen LogP contribution in [0.2, 0.25) is 0 Å². The number of methoxy groups -OCH3 is 1. The molecule has 1 heterocycles. The number of Topliss-reactive ketones (excluding diaryl/α,β-unsaturated/α-hetero) is 2. The van der Waals surface area contributed by atoms with Crippen LogP contribution in [0.4, 0.5) is 0 Å². The molecule has 1 atom stereocenters. The number of para-hydroxylation sites is 2. The number of hydrogen-bond donors (Lipinski definition) is 0. The standard InChI is InChI=1S/C21H22O4/c1-21(2,20(23)16-9-5-6-10-17(16)24-3)12-14-13-25-18-11-7-4-8-15(18)19(14)22/h4-11,14H,12-13H2,1-3H3. The molecule has 1 unspecified atom stereocenters. The van der Waals surface area contributed by atoms with E-state index in [0.717, 1.165) is 0 Å². The summed E-state index contributed by atoms with van der Waals surface area (Å²) in [5, 5.41) is 0. The zero-order valence-corrected chi connectivity index (χ0v) is 14.7. The predicted octanol–water partition coefficient (Wildman–Crippen LogP) is 4.19. The van der Waals surface area contributed by atoms with Crippen LogP contribution in [0.25, 0.3) is 0 Å². The second kappa shape index (κ2) is 6.71. The second-order valence-corrected chi connectivity index (χ2v) is 6.99. The fraction of sp³-hybridized carbons (Fsp3) is 0.333. The average molecular weight is 338 g/mol. The molecule has 0 aromatic heterocycles. The van der Waals surface area contributed by atoms with Crippen LogP contribution in [-0.2, 0) is 0 Å². The highest BCUT2D eigenvalue weighted by atomic mass is 16.5. The van der Waals surface area contributed by atoms with Crippen LogP contribution in [-0.4, -0.2) is 25.3 Å². The first-order chi connectivity index (χ1) is 11.9. The second-order valence-electron chi connectivity index (χ2n) is 6.99. The number of hydrogen-bond acceptors (Lipinski definition) is 4. The summed E-state index contributed by atoms with van der Waals surface area (Å²) in [6.45, 7) is 4.05. The molecule has 0 bridgehead atoms. The largest absolute Gasteiger partial charge is 0.496 e. The normalized spacial score (nSPS) is 16.8. The van der Waals surface area contributed by atoms with E-state index >= 15 is 0 Å². The van der Waals surface area contributed by atoms with Crippen LogP contribution < -0.4 is 9.47 Å². The number of ketones is 2. The molecule has 0 N–H and O–H groups in total. The molecule has 4 heteroatoms. The van der Waals surface area contributed by atoms with Gasteiger partial charge in [0, 0.05) is 5.41 Å². The molecule has 1 aliphatic rings. The van der Waals surface area contributed by atoms with E-state index < -0.39 is 5.41 Å². The molecule has 0 fully saturated rings. The fourth-order valence-corrected chi connectivity index (χ4v) is 3.34. The first-order valence-electron chi connectivity index (χ1n) is 8.38. The molecular formula is C21H22O4. The van der Waals surface area contributed by atoms with Crippen molar-refractivity contribution in [3.8, 4) is 11.5 Å². The zero-order valence-electron chi connectivity index (χ0n) is 14.7. The Morgan fingerprint density at radius 1 is 1.16 bits per heavy atom. The number of carbonyl (C=O) groups is 2. The third-order valence-electron chi connectivity index (χ3n) is 4.69. The van der Waals surface area contributed by atoms with Crippen LogP contribution in [0.3, 0.4) is 0 Å². The average Bonchev–Trinajstić information content (AvgIpc) is 2.63. The predicted molar refractivity (Wildman–Crippen MR) is 95.5 cm³/mol. The Morgan fingerprint density at radius 2 is 1.84 bits per heavy atom. The van der Waals surface area contributed by atoms with Crippen molar-refractivity contribution >= 4 is 11.6 Å². The Morgan fingerprint density at radius 3 is 2.60 bits per heavy atom. The van der Waals surface area contributed by atoms with Crippen molar-refractivity contribution in [3.63, 3.8) is 0 Å². The number of ether oxygens (including phenoxy) is 2. The molecule has 0 saturated heterocycles. The third kappa shape index (κ3) is 3.29. The molecule has 0 amide bonds. The van der Waals surface area contributed by atoms with E-state index in [9.17, 15) is 9.59 Å². The first-order valence-corrected chi connectivity index (χ1v) is 8.38. The van der Waals surface area contributed by atoms with Crippen LogP contribution >= 0.6 is 0 Å². The minimum atomic E-state index is -0.704. The Bertz CT molecular complexity index is 807. The molecule has 2 aromatic rings. The Kier molecular flexibility index (Phi) is 4.62. The lowest BCUT2D eigenvalue weighted by atomic mass is 9.74. The zero-order chi connectivity index (χ0) is 18.0. The van der Waals surface area contributed by atoms with Crippen molar-refractivity contribution in [3.05, 3.63) is 59.7 Å². The summed E-state index contributed by atoms with van der Waals surface area (Å²) in [5.74, 6) is 0.859. The van der Waals surface area contributed by atoms with Gasteiger partial charge in [0.2, 0.25) is 0 Å². The van der Waals surface area contributed by atoms with Gasteiger partial charge >= 0.3 is 0 Å². The number of fused-ring (bicyclic) bond motifs is 1. The van der Waals surface area contributed by atoms with Gasteiger partial charge in [-0.1, -0.05) is 38.1 Å². The summed E-state index contributed by atoms with van der Waals surface area (Å²) in [6, 6.07) is 14.4. The summed E-state index contributed by atoms with van der Waals surface area (Å²) in [4.78, 5) is 25.8. The van der Waals surface area contributed by atoms with Gasteiger partial charge < -0.3 is 9.47 Å². The van der Waals surface area contributed by atoms with Crippen LogP contribution in [0.15, 0.2) is 48.5 Å². The molecule has 1 aliphatic heterocycles. The van der Waals surface area contributed by atoms with Crippen molar-refractivity contribution in [2.45, 2.75) is 20.3 Å². The topological polar surface area (TPSA) is 52.6 Å². The van der Waals surface area contributed by atoms with Crippen molar-refractivity contribution in [2.24, 2.45) is 11.3 Å². The quantitative estimate of drug-likeness (QED) is 0.767. The Hall–Kier alpha value is -2.62. The molecule has 25 heavy (non-hydrogen) atoms. The molecule has 130 valence electrons. The molecule has 0 aliphatic carbocycles. The van der Waals surface area contributed by atoms with Gasteiger partial charge in [0.25, 0.3) is 0 Å². The lowest BCUT2D eigenvalue weighted by molar-refractivity contribution is 0.0687. The minimum absolute atomic E-state index is 0.0309. The number of rotatable bonds is 5. The van der Waals surface area contributed by atoms with Crippen molar-refractivity contribution in [2.75, 3.05) is 13.7 Å². The van der Waals surface area contributed by atoms with E-state index in [1.807, 2.05) is 38.1 Å². The van der Waals surface area contributed by atoms with E-state index in [1.165, 1.54) is 0 Å². The van der Waals surface area contributed by atoms with Crippen molar-refractivity contribution in [1.82, 2.24) is 0 Å². The maximum atomic E-state index is 13.0. The van der Waals surface area contributed by atoms with E-state index in [-0.39, 0.29) is 17.5 Å². The van der Waals surface area contributed by atoms with Gasteiger partial charge in [0.15, 0.2) is 11.6 Å². The highest BCUT2D eigenvalue weighted by Crippen LogP contribution is 2.37. The third-order valence-corrected chi connectivity index (χ3v) is 4.69. The van der Waals surface area contributed by atoms with Gasteiger partial charge in [-0.05, 0) is 30.7 Å². The molecule has 3 rings (SSSR count). The summed E-state index contributed by atoms with van der Waals surface area (Å²) in [7, 11) is 1.55. The van der Waals surface area contributed by atoms with E-state index in [1.54, 1.807) is 31.4 Å². The van der Waals surface area contributed by atoms with E-state index in [2.05, 4.69) is 0 Å². The van der Waals surface area contributed by atoms with Gasteiger partial charge in [-0.2, -0.15) is 0 Å². The molecular weight excluding hydrogens is 316 g/mol. The first kappa shape index (κ1) is 17.2. The summed E-state index contributed by atoms with van der Waals surface area (Å²) in [6.07, 6.45) is 0.428. The maximum Gasteiger partial charge on any atom is 0.173 e. The van der Waals surface area contributed by atoms with Crippen molar-refractivity contribution in [1.29, 1.82) is 0 Å². The number of carbonyl (C=O) groups excluding carboxylic acids is 2. The van der Waals surface area contributed by atoms with E-state index in [0.29, 0.717) is 35.7 Å². The van der Waals surface area contributed by atoms with Crippen LogP contribution in [0.5, 0.6) is 11.5 Å². The lowest BCUT2D eigenvalue weighted by Crippen LogP contribution is -2.35. The highest BCUT2D eigenvalue weighted by Gasteiger charge is 2.38. The summed E-state index contributed by atoms with van der Waals surface area (Å²) < 4.78 is 11.0. The molecule has 0 radical (unpaired) electrons. The lowest BCUT2D eigenvalue weighted by Gasteiger charge is -2.31. The monoisotopic (exact) mass is 338 g/mol. The van der Waals surface area contributed by atoms with Gasteiger partial charge in [0.05, 0.1) is 30.8 Å². The van der Waals surface area contributed by atoms with E-state index in [4.69, 9.17) is 9.47 Å². The Balaban J connectivity index is 1.82. The SMILES string of the molecule is COc1ccccc1C(=O)C(C)(C)CC1COc2ccccc2C1=O. The maximum absolute atomic E-state index is 13.0. The minimum Gasteiger partial charge on any atom is -0.496 e. The smallest absolute Gasteiger partial charge is 0.173 e. The Labute approximate surface area is 147 Å². The van der Waals surface area contributed by atoms with Gasteiger partial charge in [-0.15, -0.1) is 0 Å². The summed E-state index contributed by atoms with van der Waals surface area (Å²) >= 11 is 0. The van der Waals surface area contributed by atoms with Gasteiger partial charge in [-0.3, -0.25) is 9.59 Å². The van der Waals surface area contributed by atoms with Crippen LogP contribution in [0.1, 0.15) is 41.0 Å². The molecule has 0 spiro atoms. The highest BCUT2D eigenvalue weighted by molar-refractivity contribution is 6.04. The molecule has 4 nitrogen and oxygen atoms in total. The number of benzene rings is 2. The fourth-order valence-electron chi connectivity index (χ4n) is 3.34. The summed E-state index contributed by atoms with van der Waals surface area (Å²) in [5.41, 5.74) is 0.434.